The molecule has 2 aromatic carbocycles. The normalized spacial score (nSPS) is 16.3. The number of fused-ring (bicyclic) bond motifs is 1. The van der Waals surface area contributed by atoms with Gasteiger partial charge in [0.2, 0.25) is 0 Å². The molecule has 138 valence electrons. The van der Waals surface area contributed by atoms with E-state index in [1.54, 1.807) is 12.1 Å². The van der Waals surface area contributed by atoms with Crippen LogP contribution in [0.25, 0.3) is 5.57 Å². The number of imide groups is 1. The SMILES string of the molecule is O=C1C(c2cccs2)=C(N2CCc3ccccc32)C(=O)N1c1ccc(Br)cc1. The number of benzene rings is 2. The summed E-state index contributed by atoms with van der Waals surface area (Å²) in [6.45, 7) is 0.691. The van der Waals surface area contributed by atoms with Crippen molar-refractivity contribution in [3.05, 3.63) is 86.7 Å². The number of nitrogens with zero attached hydrogens (tertiary/aromatic N) is 2. The summed E-state index contributed by atoms with van der Waals surface area (Å²) >= 11 is 4.88. The van der Waals surface area contributed by atoms with Crippen molar-refractivity contribution in [1.29, 1.82) is 0 Å². The molecular weight excluding hydrogens is 436 g/mol. The Morgan fingerprint density at radius 3 is 2.43 bits per heavy atom. The molecule has 0 radical (unpaired) electrons. The van der Waals surface area contributed by atoms with Crippen LogP contribution in [0.15, 0.2) is 76.2 Å². The standard InChI is InChI=1S/C22H15BrN2O2S/c23-15-7-9-16(10-8-15)25-21(26)19(18-6-3-13-28-18)20(22(25)27)24-12-11-14-4-1-2-5-17(14)24/h1-10,13H,11-12H2. The Morgan fingerprint density at radius 2 is 1.68 bits per heavy atom. The number of para-hydroxylation sites is 1. The van der Waals surface area contributed by atoms with Gasteiger partial charge in [0, 0.05) is 21.6 Å². The van der Waals surface area contributed by atoms with Gasteiger partial charge >= 0.3 is 0 Å². The molecule has 0 atom stereocenters. The molecule has 4 nitrogen and oxygen atoms in total. The van der Waals surface area contributed by atoms with Gasteiger partial charge in [0.25, 0.3) is 11.8 Å². The molecule has 2 aliphatic heterocycles. The van der Waals surface area contributed by atoms with E-state index in [0.717, 1.165) is 21.5 Å². The van der Waals surface area contributed by atoms with E-state index in [4.69, 9.17) is 0 Å². The Bertz CT molecular complexity index is 1120. The Kier molecular flexibility index (Phi) is 4.18. The second-order valence-electron chi connectivity index (χ2n) is 6.65. The van der Waals surface area contributed by atoms with E-state index in [-0.39, 0.29) is 11.8 Å². The van der Waals surface area contributed by atoms with Crippen LogP contribution in [0.3, 0.4) is 0 Å². The van der Waals surface area contributed by atoms with Gasteiger partial charge in [-0.2, -0.15) is 0 Å². The zero-order chi connectivity index (χ0) is 19.3. The lowest BCUT2D eigenvalue weighted by atomic mass is 10.1. The predicted octanol–water partition coefficient (Wildman–Crippen LogP) is 4.86. The third-order valence-electron chi connectivity index (χ3n) is 5.07. The van der Waals surface area contributed by atoms with Crippen molar-refractivity contribution in [2.45, 2.75) is 6.42 Å². The Hall–Kier alpha value is -2.70. The maximum Gasteiger partial charge on any atom is 0.282 e. The number of thiophene rings is 1. The highest BCUT2D eigenvalue weighted by Gasteiger charge is 2.44. The van der Waals surface area contributed by atoms with Gasteiger partial charge in [-0.1, -0.05) is 40.2 Å². The van der Waals surface area contributed by atoms with Crippen LogP contribution >= 0.6 is 27.3 Å². The van der Waals surface area contributed by atoms with E-state index >= 15 is 0 Å². The van der Waals surface area contributed by atoms with Gasteiger partial charge in [0.1, 0.15) is 5.70 Å². The van der Waals surface area contributed by atoms with Crippen molar-refractivity contribution in [1.82, 2.24) is 0 Å². The zero-order valence-corrected chi connectivity index (χ0v) is 17.2. The van der Waals surface area contributed by atoms with Gasteiger partial charge in [0.15, 0.2) is 0 Å². The molecule has 28 heavy (non-hydrogen) atoms. The summed E-state index contributed by atoms with van der Waals surface area (Å²) in [6, 6.07) is 19.1. The molecular formula is C22H15BrN2O2S. The van der Waals surface area contributed by atoms with Crippen LogP contribution < -0.4 is 9.80 Å². The largest absolute Gasteiger partial charge is 0.336 e. The van der Waals surface area contributed by atoms with Crippen LogP contribution in [0.4, 0.5) is 11.4 Å². The summed E-state index contributed by atoms with van der Waals surface area (Å²) in [5, 5.41) is 1.93. The number of carbonyl (C=O) groups excluding carboxylic acids is 2. The second kappa shape index (κ2) is 6.72. The fraction of sp³-hybridized carbons (Fsp3) is 0.0909. The number of hydrogen-bond acceptors (Lipinski definition) is 4. The predicted molar refractivity (Wildman–Crippen MR) is 115 cm³/mol. The van der Waals surface area contributed by atoms with Gasteiger partial charge in [-0.3, -0.25) is 9.59 Å². The Morgan fingerprint density at radius 1 is 0.893 bits per heavy atom. The summed E-state index contributed by atoms with van der Waals surface area (Å²) in [7, 11) is 0. The van der Waals surface area contributed by atoms with Crippen molar-refractivity contribution >= 4 is 56.0 Å². The van der Waals surface area contributed by atoms with Crippen LogP contribution in [-0.2, 0) is 16.0 Å². The molecule has 6 heteroatoms. The lowest BCUT2D eigenvalue weighted by molar-refractivity contribution is -0.120. The fourth-order valence-electron chi connectivity index (χ4n) is 3.81. The van der Waals surface area contributed by atoms with Crippen LogP contribution in [0.2, 0.25) is 0 Å². The maximum absolute atomic E-state index is 13.5. The van der Waals surface area contributed by atoms with Crippen molar-refractivity contribution in [2.24, 2.45) is 0 Å². The van der Waals surface area contributed by atoms with Crippen LogP contribution in [-0.4, -0.2) is 18.4 Å². The van der Waals surface area contributed by atoms with E-state index in [0.29, 0.717) is 23.5 Å². The minimum atomic E-state index is -0.271. The lowest BCUT2D eigenvalue weighted by Gasteiger charge is -2.21. The van der Waals surface area contributed by atoms with Gasteiger partial charge in [0.05, 0.1) is 11.3 Å². The summed E-state index contributed by atoms with van der Waals surface area (Å²) in [6.07, 6.45) is 0.858. The first-order valence-electron chi connectivity index (χ1n) is 8.93. The highest BCUT2D eigenvalue weighted by atomic mass is 79.9. The molecule has 0 aliphatic carbocycles. The number of rotatable bonds is 3. The van der Waals surface area contributed by atoms with Gasteiger partial charge in [-0.25, -0.2) is 4.90 Å². The van der Waals surface area contributed by atoms with E-state index < -0.39 is 0 Å². The smallest absolute Gasteiger partial charge is 0.282 e. The molecule has 0 unspecified atom stereocenters. The highest BCUT2D eigenvalue weighted by molar-refractivity contribution is 9.10. The van der Waals surface area contributed by atoms with E-state index in [2.05, 4.69) is 22.0 Å². The van der Waals surface area contributed by atoms with Crippen LogP contribution in [0, 0.1) is 0 Å². The van der Waals surface area contributed by atoms with Crippen LogP contribution in [0.5, 0.6) is 0 Å². The van der Waals surface area contributed by atoms with Gasteiger partial charge in [-0.05, 0) is 53.8 Å². The minimum absolute atomic E-state index is 0.269. The maximum atomic E-state index is 13.5. The lowest BCUT2D eigenvalue weighted by Crippen LogP contribution is -2.34. The van der Waals surface area contributed by atoms with Crippen molar-refractivity contribution in [3.63, 3.8) is 0 Å². The molecule has 1 aromatic heterocycles. The molecule has 0 saturated heterocycles. The Labute approximate surface area is 174 Å². The van der Waals surface area contributed by atoms with Crippen molar-refractivity contribution in [3.8, 4) is 0 Å². The number of halogens is 1. The first-order chi connectivity index (χ1) is 13.6. The van der Waals surface area contributed by atoms with E-state index in [1.807, 2.05) is 52.7 Å². The molecule has 0 N–H and O–H groups in total. The number of amides is 2. The summed E-state index contributed by atoms with van der Waals surface area (Å²) < 4.78 is 0.899. The van der Waals surface area contributed by atoms with Crippen LogP contribution in [0.1, 0.15) is 10.4 Å². The average Bonchev–Trinajstić information content (AvgIpc) is 3.41. The Balaban J connectivity index is 1.67. The average molecular weight is 451 g/mol. The fourth-order valence-corrected chi connectivity index (χ4v) is 4.83. The second-order valence-corrected chi connectivity index (χ2v) is 8.52. The van der Waals surface area contributed by atoms with Crippen molar-refractivity contribution < 1.29 is 9.59 Å². The molecule has 0 bridgehead atoms. The molecule has 5 rings (SSSR count). The topological polar surface area (TPSA) is 40.6 Å². The number of hydrogen-bond donors (Lipinski definition) is 0. The van der Waals surface area contributed by atoms with Crippen molar-refractivity contribution in [2.75, 3.05) is 16.3 Å². The van der Waals surface area contributed by atoms with E-state index in [1.165, 1.54) is 21.8 Å². The molecule has 0 saturated carbocycles. The minimum Gasteiger partial charge on any atom is -0.336 e. The quantitative estimate of drug-likeness (QED) is 0.535. The summed E-state index contributed by atoms with van der Waals surface area (Å²) in [5.41, 5.74) is 3.74. The monoisotopic (exact) mass is 450 g/mol. The molecule has 2 amide bonds. The van der Waals surface area contributed by atoms with Gasteiger partial charge < -0.3 is 4.90 Å². The molecule has 3 heterocycles. The summed E-state index contributed by atoms with van der Waals surface area (Å²) in [5.74, 6) is -0.540. The first-order valence-corrected chi connectivity index (χ1v) is 10.6. The third kappa shape index (κ3) is 2.64. The molecule has 2 aliphatic rings. The number of carbonyl (C=O) groups is 2. The highest BCUT2D eigenvalue weighted by Crippen LogP contribution is 2.41. The summed E-state index contributed by atoms with van der Waals surface area (Å²) in [4.78, 5) is 31.0. The zero-order valence-electron chi connectivity index (χ0n) is 14.8. The van der Waals surface area contributed by atoms with Gasteiger partial charge in [-0.15, -0.1) is 11.3 Å². The first kappa shape index (κ1) is 17.4. The molecule has 0 spiro atoms. The third-order valence-corrected chi connectivity index (χ3v) is 6.48. The molecule has 3 aromatic rings. The number of anilines is 2. The molecule has 0 fully saturated rings. The van der Waals surface area contributed by atoms with E-state index in [9.17, 15) is 9.59 Å².